The van der Waals surface area contributed by atoms with Gasteiger partial charge in [0.1, 0.15) is 6.10 Å². The number of carbonyl (C=O) groups excluding carboxylic acids is 2. The average Bonchev–Trinajstić information content (AvgIpc) is 2.33. The van der Waals surface area contributed by atoms with Crippen LogP contribution in [0.25, 0.3) is 0 Å². The van der Waals surface area contributed by atoms with Gasteiger partial charge in [-0.05, 0) is 61.7 Å². The molecular weight excluding hydrogens is 256 g/mol. The van der Waals surface area contributed by atoms with Crippen molar-refractivity contribution in [2.75, 3.05) is 6.54 Å². The molecule has 0 aromatic rings. The van der Waals surface area contributed by atoms with E-state index in [2.05, 4.69) is 5.32 Å². The maximum atomic E-state index is 12.1. The third-order valence-corrected chi connectivity index (χ3v) is 5.52. The van der Waals surface area contributed by atoms with Crippen molar-refractivity contribution in [3.8, 4) is 0 Å². The summed E-state index contributed by atoms with van der Waals surface area (Å²) in [5.74, 6) is 1.63. The lowest BCUT2D eigenvalue weighted by Gasteiger charge is -2.56. The standard InChI is InChI=1S/C15H24N2O3/c16-14(20)12(18)8-17-13(19)7-15-4-9-1-10(5-15)3-11(2-9)6-15/h9-12,18H,1-8H2,(H2,16,20)(H,17,19). The number of hydrogen-bond donors (Lipinski definition) is 3. The molecule has 2 amide bonds. The van der Waals surface area contributed by atoms with Gasteiger partial charge in [-0.3, -0.25) is 9.59 Å². The van der Waals surface area contributed by atoms with Crippen LogP contribution < -0.4 is 11.1 Å². The van der Waals surface area contributed by atoms with E-state index in [1.165, 1.54) is 38.5 Å². The quantitative estimate of drug-likeness (QED) is 0.687. The van der Waals surface area contributed by atoms with E-state index in [4.69, 9.17) is 5.73 Å². The fraction of sp³-hybridized carbons (Fsp3) is 0.867. The van der Waals surface area contributed by atoms with E-state index in [-0.39, 0.29) is 17.9 Å². The first-order chi connectivity index (χ1) is 9.46. The highest BCUT2D eigenvalue weighted by Crippen LogP contribution is 2.61. The molecule has 4 rings (SSSR count). The molecule has 0 heterocycles. The molecule has 4 aliphatic rings. The van der Waals surface area contributed by atoms with Gasteiger partial charge in [0.05, 0.1) is 6.54 Å². The van der Waals surface area contributed by atoms with Crippen LogP contribution in [-0.2, 0) is 9.59 Å². The number of rotatable bonds is 5. The van der Waals surface area contributed by atoms with Gasteiger partial charge < -0.3 is 16.2 Å². The average molecular weight is 280 g/mol. The van der Waals surface area contributed by atoms with Crippen molar-refractivity contribution in [3.05, 3.63) is 0 Å². The van der Waals surface area contributed by atoms with Crippen LogP contribution in [0.4, 0.5) is 0 Å². The molecule has 0 aromatic carbocycles. The molecule has 5 nitrogen and oxygen atoms in total. The Morgan fingerprint density at radius 3 is 2.10 bits per heavy atom. The normalized spacial score (nSPS) is 39.5. The number of primary amides is 1. The Balaban J connectivity index is 1.55. The first-order valence-electron chi connectivity index (χ1n) is 7.70. The van der Waals surface area contributed by atoms with Gasteiger partial charge in [0.25, 0.3) is 0 Å². The predicted molar refractivity (Wildman–Crippen MR) is 73.4 cm³/mol. The van der Waals surface area contributed by atoms with Gasteiger partial charge >= 0.3 is 0 Å². The van der Waals surface area contributed by atoms with Crippen molar-refractivity contribution < 1.29 is 14.7 Å². The maximum absolute atomic E-state index is 12.1. The Labute approximate surface area is 119 Å². The molecule has 4 bridgehead atoms. The number of carbonyl (C=O) groups is 2. The van der Waals surface area contributed by atoms with Gasteiger partial charge in [0.15, 0.2) is 0 Å². The van der Waals surface area contributed by atoms with Crippen LogP contribution in [0.15, 0.2) is 0 Å². The zero-order valence-corrected chi connectivity index (χ0v) is 11.8. The van der Waals surface area contributed by atoms with E-state index in [0.29, 0.717) is 6.42 Å². The molecule has 4 fully saturated rings. The van der Waals surface area contributed by atoms with Crippen LogP contribution in [-0.4, -0.2) is 29.6 Å². The zero-order chi connectivity index (χ0) is 14.3. The van der Waals surface area contributed by atoms with Crippen molar-refractivity contribution in [1.82, 2.24) is 5.32 Å². The van der Waals surface area contributed by atoms with Gasteiger partial charge in [-0.2, -0.15) is 0 Å². The Bertz CT molecular complexity index is 386. The van der Waals surface area contributed by atoms with Crippen molar-refractivity contribution in [2.24, 2.45) is 28.9 Å². The number of nitrogens with one attached hydrogen (secondary N) is 1. The molecule has 0 aliphatic heterocycles. The summed E-state index contributed by atoms with van der Waals surface area (Å²) in [7, 11) is 0. The van der Waals surface area contributed by atoms with Crippen LogP contribution in [0.5, 0.6) is 0 Å². The van der Waals surface area contributed by atoms with E-state index in [0.717, 1.165) is 17.8 Å². The summed E-state index contributed by atoms with van der Waals surface area (Å²) in [4.78, 5) is 22.8. The van der Waals surface area contributed by atoms with Crippen molar-refractivity contribution in [2.45, 2.75) is 51.0 Å². The van der Waals surface area contributed by atoms with Gasteiger partial charge in [-0.15, -0.1) is 0 Å². The topological polar surface area (TPSA) is 92.4 Å². The fourth-order valence-electron chi connectivity index (χ4n) is 5.22. The van der Waals surface area contributed by atoms with Crippen LogP contribution >= 0.6 is 0 Å². The van der Waals surface area contributed by atoms with Gasteiger partial charge in [-0.25, -0.2) is 0 Å². The minimum absolute atomic E-state index is 0.0488. The number of hydrogen-bond acceptors (Lipinski definition) is 3. The zero-order valence-electron chi connectivity index (χ0n) is 11.8. The Morgan fingerprint density at radius 1 is 1.15 bits per heavy atom. The minimum atomic E-state index is -1.28. The maximum Gasteiger partial charge on any atom is 0.248 e. The minimum Gasteiger partial charge on any atom is -0.381 e. The van der Waals surface area contributed by atoms with Crippen molar-refractivity contribution in [1.29, 1.82) is 0 Å². The molecule has 5 heteroatoms. The molecule has 1 atom stereocenters. The lowest BCUT2D eigenvalue weighted by Crippen LogP contribution is -2.48. The molecule has 20 heavy (non-hydrogen) atoms. The van der Waals surface area contributed by atoms with E-state index in [1.54, 1.807) is 0 Å². The van der Waals surface area contributed by atoms with Crippen LogP contribution in [0.2, 0.25) is 0 Å². The van der Waals surface area contributed by atoms with Gasteiger partial charge in [0, 0.05) is 6.42 Å². The molecular formula is C15H24N2O3. The summed E-state index contributed by atoms with van der Waals surface area (Å²) >= 11 is 0. The van der Waals surface area contributed by atoms with Crippen LogP contribution in [0.1, 0.15) is 44.9 Å². The molecule has 4 saturated carbocycles. The predicted octanol–water partition coefficient (Wildman–Crippen LogP) is 0.555. The number of nitrogens with two attached hydrogens (primary N) is 1. The summed E-state index contributed by atoms with van der Waals surface area (Å²) < 4.78 is 0. The summed E-state index contributed by atoms with van der Waals surface area (Å²) in [6.07, 6.45) is 6.90. The summed E-state index contributed by atoms with van der Waals surface area (Å²) in [6.45, 7) is -0.0689. The highest BCUT2D eigenvalue weighted by molar-refractivity contribution is 5.81. The Kier molecular flexibility index (Phi) is 3.48. The molecule has 112 valence electrons. The van der Waals surface area contributed by atoms with E-state index in [1.807, 2.05) is 0 Å². The van der Waals surface area contributed by atoms with Crippen molar-refractivity contribution in [3.63, 3.8) is 0 Å². The molecule has 1 unspecified atom stereocenters. The first-order valence-corrected chi connectivity index (χ1v) is 7.70. The van der Waals surface area contributed by atoms with Gasteiger partial charge in [-0.1, -0.05) is 0 Å². The van der Waals surface area contributed by atoms with Gasteiger partial charge in [0.2, 0.25) is 11.8 Å². The fourth-order valence-corrected chi connectivity index (χ4v) is 5.22. The van der Waals surface area contributed by atoms with E-state index < -0.39 is 12.0 Å². The second-order valence-corrected chi connectivity index (χ2v) is 7.32. The second kappa shape index (κ2) is 5.02. The molecule has 4 N–H and O–H groups in total. The third-order valence-electron chi connectivity index (χ3n) is 5.52. The molecule has 0 aromatic heterocycles. The monoisotopic (exact) mass is 280 g/mol. The van der Waals surface area contributed by atoms with Crippen molar-refractivity contribution >= 4 is 11.8 Å². The molecule has 0 spiro atoms. The van der Waals surface area contributed by atoms with E-state index >= 15 is 0 Å². The summed E-state index contributed by atoms with van der Waals surface area (Å²) in [5, 5.41) is 12.0. The molecule has 4 aliphatic carbocycles. The second-order valence-electron chi connectivity index (χ2n) is 7.32. The third kappa shape index (κ3) is 2.68. The number of amides is 2. The van der Waals surface area contributed by atoms with Crippen LogP contribution in [0.3, 0.4) is 0 Å². The lowest BCUT2D eigenvalue weighted by molar-refractivity contribution is -0.131. The van der Waals surface area contributed by atoms with Crippen LogP contribution in [0, 0.1) is 23.2 Å². The smallest absolute Gasteiger partial charge is 0.248 e. The summed E-state index contributed by atoms with van der Waals surface area (Å²) in [5.41, 5.74) is 5.16. The summed E-state index contributed by atoms with van der Waals surface area (Å²) in [6, 6.07) is 0. The number of aliphatic hydroxyl groups is 1. The SMILES string of the molecule is NC(=O)C(O)CNC(=O)CC12CC3CC(CC(C3)C1)C2. The Hall–Kier alpha value is -1.10. The Morgan fingerprint density at radius 2 is 1.65 bits per heavy atom. The lowest BCUT2D eigenvalue weighted by atomic mass is 9.49. The molecule has 0 radical (unpaired) electrons. The number of aliphatic hydroxyl groups excluding tert-OH is 1. The highest BCUT2D eigenvalue weighted by Gasteiger charge is 2.51. The highest BCUT2D eigenvalue weighted by atomic mass is 16.3. The first kappa shape index (κ1) is 13.9. The molecule has 0 saturated heterocycles. The largest absolute Gasteiger partial charge is 0.381 e. The van der Waals surface area contributed by atoms with E-state index in [9.17, 15) is 14.7 Å².